The number of rotatable bonds is 6. The van der Waals surface area contributed by atoms with Crippen molar-refractivity contribution in [3.05, 3.63) is 95.8 Å². The average Bonchev–Trinajstić information content (AvgIpc) is 3.33. The summed E-state index contributed by atoms with van der Waals surface area (Å²) >= 11 is 0. The van der Waals surface area contributed by atoms with Crippen LogP contribution in [-0.2, 0) is 0 Å². The second kappa shape index (κ2) is 9.18. The average molecular weight is 469 g/mol. The highest BCUT2D eigenvalue weighted by atomic mass is 19.1. The zero-order valence-electron chi connectivity index (χ0n) is 20.0. The van der Waals surface area contributed by atoms with E-state index in [4.69, 9.17) is 19.4 Å². The minimum atomic E-state index is -0.256. The van der Waals surface area contributed by atoms with Crippen LogP contribution in [0.25, 0.3) is 27.8 Å². The van der Waals surface area contributed by atoms with Gasteiger partial charge < -0.3 is 14.0 Å². The molecule has 7 heteroatoms. The molecule has 1 atom stereocenters. The Labute approximate surface area is 203 Å². The van der Waals surface area contributed by atoms with Crippen LogP contribution < -0.4 is 9.47 Å². The summed E-state index contributed by atoms with van der Waals surface area (Å²) in [6, 6.07) is 18.8. The molecule has 176 valence electrons. The van der Waals surface area contributed by atoms with Crippen molar-refractivity contribution >= 4 is 10.9 Å². The van der Waals surface area contributed by atoms with Gasteiger partial charge in [-0.1, -0.05) is 43.3 Å². The number of hydrogen-bond acceptors (Lipinski definition) is 5. The third kappa shape index (κ3) is 4.21. The summed E-state index contributed by atoms with van der Waals surface area (Å²) in [7, 11) is 3.20. The van der Waals surface area contributed by atoms with Gasteiger partial charge in [-0.2, -0.15) is 9.97 Å². The monoisotopic (exact) mass is 468 g/mol. The van der Waals surface area contributed by atoms with E-state index in [1.165, 1.54) is 12.1 Å². The molecular formula is C28H25FN4O2. The first-order valence-corrected chi connectivity index (χ1v) is 11.3. The Morgan fingerprint density at radius 1 is 0.943 bits per heavy atom. The lowest BCUT2D eigenvalue weighted by Gasteiger charge is -2.17. The number of hydrogen-bond donors (Lipinski definition) is 0. The molecule has 0 N–H and O–H groups in total. The number of para-hydroxylation sites is 1. The fraction of sp³-hybridized carbons (Fsp3) is 0.179. The van der Waals surface area contributed by atoms with Gasteiger partial charge in [0.25, 0.3) is 0 Å². The summed E-state index contributed by atoms with van der Waals surface area (Å²) in [5, 5.41) is 0.894. The van der Waals surface area contributed by atoms with Crippen LogP contribution in [0.5, 0.6) is 11.8 Å². The van der Waals surface area contributed by atoms with Crippen molar-refractivity contribution in [3.8, 4) is 28.7 Å². The highest BCUT2D eigenvalue weighted by molar-refractivity contribution is 5.95. The molecule has 0 aliphatic heterocycles. The second-order valence-corrected chi connectivity index (χ2v) is 8.38. The molecular weight excluding hydrogens is 443 g/mol. The van der Waals surface area contributed by atoms with E-state index in [1.807, 2.05) is 54.1 Å². The lowest BCUT2D eigenvalue weighted by Crippen LogP contribution is -2.03. The quantitative estimate of drug-likeness (QED) is 0.301. The fourth-order valence-corrected chi connectivity index (χ4v) is 4.34. The van der Waals surface area contributed by atoms with Crippen LogP contribution in [0.15, 0.2) is 73.2 Å². The molecule has 5 rings (SSSR count). The van der Waals surface area contributed by atoms with Gasteiger partial charge in [-0.05, 0) is 42.3 Å². The summed E-state index contributed by atoms with van der Waals surface area (Å²) in [6.07, 6.45) is 3.71. The number of aromatic nitrogens is 4. The van der Waals surface area contributed by atoms with E-state index in [0.29, 0.717) is 5.75 Å². The second-order valence-electron chi connectivity index (χ2n) is 8.38. The third-order valence-corrected chi connectivity index (χ3v) is 6.20. The van der Waals surface area contributed by atoms with Gasteiger partial charge in [-0.25, -0.2) is 9.37 Å². The van der Waals surface area contributed by atoms with E-state index in [-0.39, 0.29) is 17.7 Å². The van der Waals surface area contributed by atoms with Crippen molar-refractivity contribution in [1.29, 1.82) is 0 Å². The summed E-state index contributed by atoms with van der Waals surface area (Å²) in [5.41, 5.74) is 6.22. The molecule has 35 heavy (non-hydrogen) atoms. The minimum Gasteiger partial charge on any atom is -0.495 e. The van der Waals surface area contributed by atoms with E-state index >= 15 is 0 Å². The van der Waals surface area contributed by atoms with Gasteiger partial charge in [0.15, 0.2) is 0 Å². The van der Waals surface area contributed by atoms with Crippen molar-refractivity contribution in [3.63, 3.8) is 0 Å². The predicted molar refractivity (Wildman–Crippen MR) is 134 cm³/mol. The summed E-state index contributed by atoms with van der Waals surface area (Å²) < 4.78 is 26.6. The zero-order chi connectivity index (χ0) is 24.5. The molecule has 0 saturated carbocycles. The molecule has 0 bridgehead atoms. The maximum atomic E-state index is 13.5. The van der Waals surface area contributed by atoms with Gasteiger partial charge in [0.1, 0.15) is 11.6 Å². The van der Waals surface area contributed by atoms with Crippen molar-refractivity contribution in [1.82, 2.24) is 19.5 Å². The van der Waals surface area contributed by atoms with E-state index < -0.39 is 0 Å². The van der Waals surface area contributed by atoms with Crippen LogP contribution in [0.1, 0.15) is 29.7 Å². The van der Waals surface area contributed by atoms with E-state index in [9.17, 15) is 4.39 Å². The lowest BCUT2D eigenvalue weighted by atomic mass is 9.90. The Kier molecular flexibility index (Phi) is 5.91. The largest absolute Gasteiger partial charge is 0.495 e. The highest BCUT2D eigenvalue weighted by Crippen LogP contribution is 2.37. The van der Waals surface area contributed by atoms with Gasteiger partial charge in [0, 0.05) is 23.1 Å². The van der Waals surface area contributed by atoms with E-state index in [0.717, 1.165) is 44.7 Å². The number of ether oxygens (including phenoxy) is 2. The van der Waals surface area contributed by atoms with Crippen LogP contribution in [0.3, 0.4) is 0 Å². The van der Waals surface area contributed by atoms with Gasteiger partial charge in [0.05, 0.1) is 43.1 Å². The summed E-state index contributed by atoms with van der Waals surface area (Å²) in [6.45, 7) is 4.03. The van der Waals surface area contributed by atoms with Gasteiger partial charge in [-0.15, -0.1) is 0 Å². The number of nitrogens with zero attached hydrogens (tertiary/aromatic N) is 4. The molecule has 2 heterocycles. The molecule has 0 radical (unpaired) electrons. The highest BCUT2D eigenvalue weighted by Gasteiger charge is 2.19. The molecule has 0 fully saturated rings. The van der Waals surface area contributed by atoms with Gasteiger partial charge >= 0.3 is 6.01 Å². The first-order valence-electron chi connectivity index (χ1n) is 11.3. The van der Waals surface area contributed by atoms with Gasteiger partial charge in [0.2, 0.25) is 0 Å². The lowest BCUT2D eigenvalue weighted by molar-refractivity contribution is 0.382. The molecule has 0 saturated heterocycles. The van der Waals surface area contributed by atoms with Crippen LogP contribution in [0, 0.1) is 12.7 Å². The number of aryl methyl sites for hydroxylation is 1. The van der Waals surface area contributed by atoms with Crippen LogP contribution in [-0.4, -0.2) is 33.7 Å². The Hall–Kier alpha value is -4.26. The Morgan fingerprint density at radius 2 is 1.74 bits per heavy atom. The smallest absolute Gasteiger partial charge is 0.317 e. The summed E-state index contributed by atoms with van der Waals surface area (Å²) in [4.78, 5) is 13.7. The number of imidazole rings is 1. The molecule has 0 aliphatic carbocycles. The van der Waals surface area contributed by atoms with E-state index in [2.05, 4.69) is 11.9 Å². The van der Waals surface area contributed by atoms with Gasteiger partial charge in [-0.3, -0.25) is 0 Å². The standard InChI is InChI=1S/C28H25FN4O2/c1-17-15-33(16-30-17)24-13-10-20(14-25(24)34-3)26-23-7-5-6-22(27(23)32-28(31-26)35-4)18(2)19-8-11-21(29)12-9-19/h5-16,18H,1-4H3. The predicted octanol–water partition coefficient (Wildman–Crippen LogP) is 6.10. The molecule has 0 spiro atoms. The van der Waals surface area contributed by atoms with Crippen LogP contribution >= 0.6 is 0 Å². The third-order valence-electron chi connectivity index (χ3n) is 6.20. The Balaban J connectivity index is 1.67. The SMILES string of the molecule is COc1nc(-c2ccc(-n3cnc(C)c3)c(OC)c2)c2cccc(C(C)c3ccc(F)cc3)c2n1. The van der Waals surface area contributed by atoms with Crippen LogP contribution in [0.4, 0.5) is 4.39 Å². The fourth-order valence-electron chi connectivity index (χ4n) is 4.34. The molecule has 1 unspecified atom stereocenters. The van der Waals surface area contributed by atoms with Crippen molar-refractivity contribution in [2.75, 3.05) is 14.2 Å². The first kappa shape index (κ1) is 22.5. The number of fused-ring (bicyclic) bond motifs is 1. The molecule has 0 amide bonds. The number of methoxy groups -OCH3 is 2. The molecule has 6 nitrogen and oxygen atoms in total. The molecule has 2 aromatic heterocycles. The number of halogens is 1. The Morgan fingerprint density at radius 3 is 2.43 bits per heavy atom. The molecule has 0 aliphatic rings. The van der Waals surface area contributed by atoms with Crippen molar-refractivity contribution in [2.24, 2.45) is 0 Å². The first-order chi connectivity index (χ1) is 17.0. The Bertz CT molecular complexity index is 1510. The van der Waals surface area contributed by atoms with Crippen molar-refractivity contribution in [2.45, 2.75) is 19.8 Å². The zero-order valence-corrected chi connectivity index (χ0v) is 20.0. The van der Waals surface area contributed by atoms with E-state index in [1.54, 1.807) is 32.7 Å². The van der Waals surface area contributed by atoms with Crippen molar-refractivity contribution < 1.29 is 13.9 Å². The molecule has 5 aromatic rings. The maximum absolute atomic E-state index is 13.5. The maximum Gasteiger partial charge on any atom is 0.317 e. The number of benzene rings is 3. The topological polar surface area (TPSA) is 62.1 Å². The minimum absolute atomic E-state index is 0.00634. The molecule has 3 aromatic carbocycles. The van der Waals surface area contributed by atoms with Crippen LogP contribution in [0.2, 0.25) is 0 Å². The summed E-state index contributed by atoms with van der Waals surface area (Å²) in [5.74, 6) is 0.433. The normalized spacial score (nSPS) is 12.0.